The van der Waals surface area contributed by atoms with Crippen LogP contribution in [0.5, 0.6) is 0 Å². The van der Waals surface area contributed by atoms with Gasteiger partial charge in [-0.2, -0.15) is 0 Å². The van der Waals surface area contributed by atoms with Crippen LogP contribution in [0.4, 0.5) is 0 Å². The maximum atomic E-state index is 3.41. The molecule has 1 aromatic carbocycles. The summed E-state index contributed by atoms with van der Waals surface area (Å²) in [5.74, 6) is 0. The Kier molecular flexibility index (Phi) is 3.42. The zero-order chi connectivity index (χ0) is 11.4. The lowest BCUT2D eigenvalue weighted by atomic mass is 10.1. The highest BCUT2D eigenvalue weighted by Crippen LogP contribution is 2.17. The van der Waals surface area contributed by atoms with Crippen molar-refractivity contribution < 1.29 is 0 Å². The summed E-state index contributed by atoms with van der Waals surface area (Å²) in [6.45, 7) is 5.25. The third-order valence-corrected chi connectivity index (χ3v) is 2.58. The Labute approximate surface area is 96.7 Å². The van der Waals surface area contributed by atoms with E-state index in [1.165, 1.54) is 16.8 Å². The summed E-state index contributed by atoms with van der Waals surface area (Å²) in [5.41, 5.74) is 3.73. The average molecular weight is 214 g/mol. The largest absolute Gasteiger partial charge is 0.361 e. The number of hydrogen-bond acceptors (Lipinski definition) is 1. The molecule has 0 saturated carbocycles. The van der Waals surface area contributed by atoms with Crippen molar-refractivity contribution in [2.45, 2.75) is 26.4 Å². The summed E-state index contributed by atoms with van der Waals surface area (Å²) < 4.78 is 0. The highest BCUT2D eigenvalue weighted by atomic mass is 14.9. The molecule has 0 saturated heterocycles. The van der Waals surface area contributed by atoms with Crippen LogP contribution in [0.25, 0.3) is 11.3 Å². The van der Waals surface area contributed by atoms with Gasteiger partial charge in [0.15, 0.2) is 0 Å². The predicted molar refractivity (Wildman–Crippen MR) is 68.2 cm³/mol. The van der Waals surface area contributed by atoms with Crippen LogP contribution in [0.1, 0.15) is 19.4 Å². The Morgan fingerprint density at radius 1 is 1.12 bits per heavy atom. The number of aromatic nitrogens is 1. The lowest BCUT2D eigenvalue weighted by Crippen LogP contribution is -2.21. The number of nitrogens with one attached hydrogen (secondary N) is 2. The van der Waals surface area contributed by atoms with E-state index in [1.807, 2.05) is 12.3 Å². The summed E-state index contributed by atoms with van der Waals surface area (Å²) in [5, 5.41) is 3.41. The van der Waals surface area contributed by atoms with Crippen molar-refractivity contribution in [3.05, 3.63) is 48.2 Å². The minimum atomic E-state index is 0.531. The van der Waals surface area contributed by atoms with Crippen LogP contribution in [0.3, 0.4) is 0 Å². The summed E-state index contributed by atoms with van der Waals surface area (Å²) >= 11 is 0. The number of H-pyrrole nitrogens is 1. The van der Waals surface area contributed by atoms with Crippen LogP contribution in [-0.4, -0.2) is 11.0 Å². The minimum absolute atomic E-state index is 0.531. The first-order chi connectivity index (χ1) is 7.75. The fraction of sp³-hybridized carbons (Fsp3) is 0.286. The smallest absolute Gasteiger partial charge is 0.0453 e. The van der Waals surface area contributed by atoms with Gasteiger partial charge in [-0.3, -0.25) is 0 Å². The summed E-state index contributed by atoms with van der Waals surface area (Å²) in [6, 6.07) is 13.3. The van der Waals surface area contributed by atoms with Crippen molar-refractivity contribution in [1.29, 1.82) is 0 Å². The van der Waals surface area contributed by atoms with Gasteiger partial charge in [0.05, 0.1) is 0 Å². The summed E-state index contributed by atoms with van der Waals surface area (Å²) in [4.78, 5) is 3.21. The van der Waals surface area contributed by atoms with E-state index in [9.17, 15) is 0 Å². The molecular weight excluding hydrogens is 196 g/mol. The van der Waals surface area contributed by atoms with Crippen LogP contribution >= 0.6 is 0 Å². The Morgan fingerprint density at radius 3 is 2.44 bits per heavy atom. The van der Waals surface area contributed by atoms with Crippen molar-refractivity contribution in [2.24, 2.45) is 0 Å². The van der Waals surface area contributed by atoms with E-state index >= 15 is 0 Å². The highest BCUT2D eigenvalue weighted by molar-refractivity contribution is 5.59. The first kappa shape index (κ1) is 11.0. The average Bonchev–Trinajstić information content (AvgIpc) is 2.80. The van der Waals surface area contributed by atoms with Crippen LogP contribution in [0.15, 0.2) is 42.6 Å². The predicted octanol–water partition coefficient (Wildman–Crippen LogP) is 3.18. The summed E-state index contributed by atoms with van der Waals surface area (Å²) in [6.07, 6.45) is 1.95. The first-order valence-electron chi connectivity index (χ1n) is 5.72. The number of benzene rings is 1. The molecule has 2 heteroatoms. The fourth-order valence-corrected chi connectivity index (χ4v) is 1.63. The van der Waals surface area contributed by atoms with Crippen molar-refractivity contribution in [3.8, 4) is 11.3 Å². The molecule has 1 heterocycles. The zero-order valence-corrected chi connectivity index (χ0v) is 9.83. The molecule has 84 valence electrons. The molecule has 2 aromatic rings. The molecule has 0 aliphatic carbocycles. The van der Waals surface area contributed by atoms with Gasteiger partial charge in [0.2, 0.25) is 0 Å². The molecule has 0 amide bonds. The third kappa shape index (κ3) is 2.74. The quantitative estimate of drug-likeness (QED) is 0.803. The van der Waals surface area contributed by atoms with Gasteiger partial charge in [-0.05, 0) is 23.3 Å². The standard InChI is InChI=1S/C14H18N2/c1-11(2)16-10-12-5-7-13(8-6-12)14-4-3-9-15-14/h3-9,11,15-16H,10H2,1-2H3. The van der Waals surface area contributed by atoms with Crippen LogP contribution in [0, 0.1) is 0 Å². The Hall–Kier alpha value is -1.54. The molecule has 0 spiro atoms. The van der Waals surface area contributed by atoms with Crippen molar-refractivity contribution >= 4 is 0 Å². The lowest BCUT2D eigenvalue weighted by molar-refractivity contribution is 0.589. The Bertz CT molecular complexity index is 413. The van der Waals surface area contributed by atoms with E-state index in [2.05, 4.69) is 54.5 Å². The normalized spacial score (nSPS) is 10.9. The second-order valence-corrected chi connectivity index (χ2v) is 4.32. The SMILES string of the molecule is CC(C)NCc1ccc(-c2ccc[nH]2)cc1. The minimum Gasteiger partial charge on any atom is -0.361 e. The molecule has 0 aliphatic rings. The zero-order valence-electron chi connectivity index (χ0n) is 9.83. The lowest BCUT2D eigenvalue weighted by Gasteiger charge is -2.08. The topological polar surface area (TPSA) is 27.8 Å². The van der Waals surface area contributed by atoms with Gasteiger partial charge in [-0.25, -0.2) is 0 Å². The fourth-order valence-electron chi connectivity index (χ4n) is 1.63. The van der Waals surface area contributed by atoms with Crippen molar-refractivity contribution in [1.82, 2.24) is 10.3 Å². The van der Waals surface area contributed by atoms with E-state index in [0.29, 0.717) is 6.04 Å². The number of rotatable bonds is 4. The van der Waals surface area contributed by atoms with Crippen LogP contribution in [0.2, 0.25) is 0 Å². The van der Waals surface area contributed by atoms with E-state index in [4.69, 9.17) is 0 Å². The van der Waals surface area contributed by atoms with Crippen molar-refractivity contribution in [3.63, 3.8) is 0 Å². The van der Waals surface area contributed by atoms with Crippen molar-refractivity contribution in [2.75, 3.05) is 0 Å². The van der Waals surface area contributed by atoms with Crippen LogP contribution < -0.4 is 5.32 Å². The molecule has 2 nitrogen and oxygen atoms in total. The van der Waals surface area contributed by atoms with Gasteiger partial charge in [0, 0.05) is 24.5 Å². The van der Waals surface area contributed by atoms with Gasteiger partial charge in [-0.15, -0.1) is 0 Å². The molecule has 0 atom stereocenters. The van der Waals surface area contributed by atoms with Gasteiger partial charge in [0.25, 0.3) is 0 Å². The molecule has 16 heavy (non-hydrogen) atoms. The second kappa shape index (κ2) is 4.99. The molecular formula is C14H18N2. The maximum absolute atomic E-state index is 3.41. The van der Waals surface area contributed by atoms with E-state index in [1.54, 1.807) is 0 Å². The molecule has 2 rings (SSSR count). The first-order valence-corrected chi connectivity index (χ1v) is 5.72. The van der Waals surface area contributed by atoms with Gasteiger partial charge in [-0.1, -0.05) is 38.1 Å². The summed E-state index contributed by atoms with van der Waals surface area (Å²) in [7, 11) is 0. The van der Waals surface area contributed by atoms with E-state index in [-0.39, 0.29) is 0 Å². The van der Waals surface area contributed by atoms with Gasteiger partial charge in [0.1, 0.15) is 0 Å². The maximum Gasteiger partial charge on any atom is 0.0453 e. The van der Waals surface area contributed by atoms with E-state index < -0.39 is 0 Å². The molecule has 0 fully saturated rings. The Balaban J connectivity index is 2.05. The number of aromatic amines is 1. The van der Waals surface area contributed by atoms with Crippen LogP contribution in [-0.2, 0) is 6.54 Å². The molecule has 0 radical (unpaired) electrons. The Morgan fingerprint density at radius 2 is 1.88 bits per heavy atom. The second-order valence-electron chi connectivity index (χ2n) is 4.32. The third-order valence-electron chi connectivity index (χ3n) is 2.58. The van der Waals surface area contributed by atoms with Gasteiger partial charge >= 0.3 is 0 Å². The highest BCUT2D eigenvalue weighted by Gasteiger charge is 1.98. The monoisotopic (exact) mass is 214 g/mol. The molecule has 0 unspecified atom stereocenters. The van der Waals surface area contributed by atoms with Gasteiger partial charge < -0.3 is 10.3 Å². The molecule has 2 N–H and O–H groups in total. The molecule has 1 aromatic heterocycles. The van der Waals surface area contributed by atoms with E-state index in [0.717, 1.165) is 6.54 Å². The number of hydrogen-bond donors (Lipinski definition) is 2. The molecule has 0 aliphatic heterocycles. The molecule has 0 bridgehead atoms.